The Morgan fingerprint density at radius 2 is 1.66 bits per heavy atom. The van der Waals surface area contributed by atoms with Gasteiger partial charge in [-0.25, -0.2) is 8.42 Å². The number of ether oxygens (including phenoxy) is 1. The van der Waals surface area contributed by atoms with Gasteiger partial charge in [0.05, 0.1) is 12.6 Å². The molecule has 2 amide bonds. The summed E-state index contributed by atoms with van der Waals surface area (Å²) in [6.45, 7) is 4.81. The minimum absolute atomic E-state index is 0.144. The summed E-state index contributed by atoms with van der Waals surface area (Å²) in [6.07, 6.45) is 0. The Bertz CT molecular complexity index is 993. The number of rotatable bonds is 8. The van der Waals surface area contributed by atoms with Crippen molar-refractivity contribution in [2.75, 3.05) is 17.2 Å². The number of benzene rings is 2. The zero-order valence-corrected chi connectivity index (χ0v) is 17.7. The van der Waals surface area contributed by atoms with Gasteiger partial charge in [0.15, 0.2) is 0 Å². The Kier molecular flexibility index (Phi) is 7.60. The molecule has 1 atom stereocenters. The molecule has 0 aliphatic carbocycles. The lowest BCUT2D eigenvalue weighted by atomic mass is 10.2. The smallest absolute Gasteiger partial charge is 0.245 e. The van der Waals surface area contributed by atoms with Crippen molar-refractivity contribution < 1.29 is 22.7 Å². The van der Waals surface area contributed by atoms with Gasteiger partial charge >= 0.3 is 0 Å². The lowest BCUT2D eigenvalue weighted by Gasteiger charge is -2.17. The van der Waals surface area contributed by atoms with Crippen molar-refractivity contribution in [2.45, 2.75) is 31.7 Å². The maximum Gasteiger partial charge on any atom is 0.245 e. The molecule has 8 nitrogen and oxygen atoms in total. The number of sulfonamides is 1. The van der Waals surface area contributed by atoms with Crippen LogP contribution in [0.1, 0.15) is 20.8 Å². The Morgan fingerprint density at radius 3 is 2.21 bits per heavy atom. The molecule has 29 heavy (non-hydrogen) atoms. The minimum Gasteiger partial charge on any atom is -0.492 e. The van der Waals surface area contributed by atoms with Crippen molar-refractivity contribution >= 4 is 44.8 Å². The van der Waals surface area contributed by atoms with Crippen LogP contribution in [0.25, 0.3) is 0 Å². The summed E-state index contributed by atoms with van der Waals surface area (Å²) >= 11 is 5.92. The first-order chi connectivity index (χ1) is 13.6. The first kappa shape index (κ1) is 22.7. The zero-order chi connectivity index (χ0) is 21.6. The van der Waals surface area contributed by atoms with E-state index in [9.17, 15) is 18.0 Å². The van der Waals surface area contributed by atoms with Gasteiger partial charge < -0.3 is 15.4 Å². The highest BCUT2D eigenvalue weighted by molar-refractivity contribution is 7.89. The van der Waals surface area contributed by atoms with Crippen LogP contribution in [0, 0.1) is 0 Å². The molecule has 2 rings (SSSR count). The maximum absolute atomic E-state index is 12.7. The lowest BCUT2D eigenvalue weighted by Crippen LogP contribution is -2.41. The second kappa shape index (κ2) is 9.73. The number of hydrogen-bond acceptors (Lipinski definition) is 5. The minimum atomic E-state index is -4.06. The van der Waals surface area contributed by atoms with Crippen molar-refractivity contribution in [3.05, 3.63) is 47.5 Å². The predicted octanol–water partition coefficient (Wildman–Crippen LogP) is 3.00. The maximum atomic E-state index is 12.7. The Labute approximate surface area is 174 Å². The summed E-state index contributed by atoms with van der Waals surface area (Å²) in [5.74, 6) is -0.622. The number of nitrogens with one attached hydrogen (secondary N) is 3. The normalized spacial score (nSPS) is 12.1. The Balaban J connectivity index is 2.10. The van der Waals surface area contributed by atoms with Crippen LogP contribution in [0.5, 0.6) is 5.75 Å². The number of amides is 2. The molecule has 0 saturated carbocycles. The van der Waals surface area contributed by atoms with Crippen LogP contribution >= 0.6 is 11.6 Å². The van der Waals surface area contributed by atoms with Crippen LogP contribution in [0.2, 0.25) is 5.02 Å². The molecule has 156 valence electrons. The van der Waals surface area contributed by atoms with Gasteiger partial charge in [0.25, 0.3) is 0 Å². The van der Waals surface area contributed by atoms with Crippen LogP contribution in [-0.4, -0.2) is 32.9 Å². The van der Waals surface area contributed by atoms with Gasteiger partial charge in [-0.05, 0) is 56.3 Å². The molecule has 0 saturated heterocycles. The van der Waals surface area contributed by atoms with Gasteiger partial charge in [0.2, 0.25) is 21.8 Å². The van der Waals surface area contributed by atoms with Crippen molar-refractivity contribution in [1.29, 1.82) is 0 Å². The second-order valence-electron chi connectivity index (χ2n) is 6.11. The van der Waals surface area contributed by atoms with Crippen LogP contribution in [-0.2, 0) is 19.6 Å². The van der Waals surface area contributed by atoms with Crippen LogP contribution < -0.4 is 20.1 Å². The summed E-state index contributed by atoms with van der Waals surface area (Å²) in [4.78, 5) is 23.3. The number of halogens is 1. The number of anilines is 2. The van der Waals surface area contributed by atoms with E-state index < -0.39 is 22.0 Å². The molecular formula is C19H22ClN3O5S. The third kappa shape index (κ3) is 6.45. The van der Waals surface area contributed by atoms with E-state index in [1.165, 1.54) is 32.0 Å². The Morgan fingerprint density at radius 1 is 1.07 bits per heavy atom. The van der Waals surface area contributed by atoms with E-state index in [1.807, 2.05) is 0 Å². The summed E-state index contributed by atoms with van der Waals surface area (Å²) in [5.41, 5.74) is 1.03. The van der Waals surface area contributed by atoms with E-state index in [0.717, 1.165) is 0 Å². The molecule has 0 fully saturated rings. The quantitative estimate of drug-likeness (QED) is 0.585. The Hall–Kier alpha value is -2.62. The van der Waals surface area contributed by atoms with E-state index >= 15 is 0 Å². The van der Waals surface area contributed by atoms with Gasteiger partial charge in [-0.2, -0.15) is 4.72 Å². The van der Waals surface area contributed by atoms with E-state index in [-0.39, 0.29) is 28.2 Å². The summed E-state index contributed by atoms with van der Waals surface area (Å²) < 4.78 is 33.1. The highest BCUT2D eigenvalue weighted by atomic mass is 35.5. The SMILES string of the molecule is CCOc1ccc(Cl)cc1S(=O)(=O)NC(C)C(=O)Nc1ccc(NC(C)=O)cc1. The standard InChI is InChI=1S/C19H22ClN3O5S/c1-4-28-17-10-5-14(20)11-18(17)29(26,27)23-12(2)19(25)22-16-8-6-15(7-9-16)21-13(3)24/h5-12,23H,4H2,1-3H3,(H,21,24)(H,22,25). The molecular weight excluding hydrogens is 418 g/mol. The van der Waals surface area contributed by atoms with Crippen LogP contribution in [0.15, 0.2) is 47.4 Å². The average Bonchev–Trinajstić information content (AvgIpc) is 2.64. The van der Waals surface area contributed by atoms with Crippen molar-refractivity contribution in [3.63, 3.8) is 0 Å². The average molecular weight is 440 g/mol. The molecule has 2 aromatic carbocycles. The fourth-order valence-corrected chi connectivity index (χ4v) is 4.02. The van der Waals surface area contributed by atoms with Gasteiger partial charge in [-0.1, -0.05) is 11.6 Å². The van der Waals surface area contributed by atoms with E-state index in [1.54, 1.807) is 31.2 Å². The molecule has 0 aliphatic heterocycles. The van der Waals surface area contributed by atoms with Gasteiger partial charge in [0.1, 0.15) is 10.6 Å². The number of carbonyl (C=O) groups is 2. The number of hydrogen-bond donors (Lipinski definition) is 3. The van der Waals surface area contributed by atoms with Gasteiger partial charge in [-0.3, -0.25) is 9.59 Å². The van der Waals surface area contributed by atoms with Crippen molar-refractivity contribution in [2.24, 2.45) is 0 Å². The summed E-state index contributed by atoms with van der Waals surface area (Å²) in [6, 6.07) is 9.60. The molecule has 1 unspecified atom stereocenters. The zero-order valence-electron chi connectivity index (χ0n) is 16.2. The third-order valence-electron chi connectivity index (χ3n) is 3.69. The van der Waals surface area contributed by atoms with E-state index in [4.69, 9.17) is 16.3 Å². The predicted molar refractivity (Wildman–Crippen MR) is 112 cm³/mol. The van der Waals surface area contributed by atoms with Gasteiger partial charge in [0, 0.05) is 23.3 Å². The topological polar surface area (TPSA) is 114 Å². The highest BCUT2D eigenvalue weighted by Crippen LogP contribution is 2.27. The third-order valence-corrected chi connectivity index (χ3v) is 5.49. The monoisotopic (exact) mass is 439 g/mol. The fourth-order valence-electron chi connectivity index (χ4n) is 2.41. The second-order valence-corrected chi connectivity index (χ2v) is 8.23. The molecule has 3 N–H and O–H groups in total. The van der Waals surface area contributed by atoms with E-state index in [2.05, 4.69) is 15.4 Å². The van der Waals surface area contributed by atoms with E-state index in [0.29, 0.717) is 11.4 Å². The molecule has 2 aromatic rings. The molecule has 0 spiro atoms. The highest BCUT2D eigenvalue weighted by Gasteiger charge is 2.25. The largest absolute Gasteiger partial charge is 0.492 e. The molecule has 0 heterocycles. The van der Waals surface area contributed by atoms with Gasteiger partial charge in [-0.15, -0.1) is 0 Å². The van der Waals surface area contributed by atoms with Crippen molar-refractivity contribution in [3.8, 4) is 5.75 Å². The molecule has 0 aliphatic rings. The summed E-state index contributed by atoms with van der Waals surface area (Å²) in [7, 11) is -4.06. The summed E-state index contributed by atoms with van der Waals surface area (Å²) in [5, 5.41) is 5.45. The van der Waals surface area contributed by atoms with Crippen LogP contribution in [0.3, 0.4) is 0 Å². The fraction of sp³-hybridized carbons (Fsp3) is 0.263. The number of carbonyl (C=O) groups excluding carboxylic acids is 2. The van der Waals surface area contributed by atoms with Crippen LogP contribution in [0.4, 0.5) is 11.4 Å². The molecule has 0 aromatic heterocycles. The molecule has 0 bridgehead atoms. The first-order valence-electron chi connectivity index (χ1n) is 8.75. The van der Waals surface area contributed by atoms with Crippen molar-refractivity contribution in [1.82, 2.24) is 4.72 Å². The molecule has 0 radical (unpaired) electrons. The first-order valence-corrected chi connectivity index (χ1v) is 10.6. The molecule has 10 heteroatoms. The lowest BCUT2D eigenvalue weighted by molar-refractivity contribution is -0.117.